The van der Waals surface area contributed by atoms with Crippen LogP contribution in [0.3, 0.4) is 0 Å². The van der Waals surface area contributed by atoms with Gasteiger partial charge in [0.1, 0.15) is 11.9 Å². The zero-order valence-electron chi connectivity index (χ0n) is 15.1. The normalized spacial score (nSPS) is 21.2. The van der Waals surface area contributed by atoms with Crippen LogP contribution in [0.4, 0.5) is 0 Å². The number of benzene rings is 2. The minimum Gasteiger partial charge on any atom is -0.497 e. The maximum Gasteiger partial charge on any atom is 0.268 e. The number of amides is 1. The van der Waals surface area contributed by atoms with Crippen LogP contribution in [0.2, 0.25) is 0 Å². The fourth-order valence-electron chi connectivity index (χ4n) is 3.26. The summed E-state index contributed by atoms with van der Waals surface area (Å²) in [4.78, 5) is 15.2. The lowest BCUT2D eigenvalue weighted by molar-refractivity contribution is -0.145. The summed E-state index contributed by atoms with van der Waals surface area (Å²) in [7, 11) is 1.65. The number of para-hydroxylation sites is 2. The Hall–Kier alpha value is -2.69. The number of carbonyl (C=O) groups is 1. The molecule has 136 valence electrons. The molecule has 2 aromatic rings. The van der Waals surface area contributed by atoms with Crippen molar-refractivity contribution in [3.05, 3.63) is 54.1 Å². The van der Waals surface area contributed by atoms with Gasteiger partial charge in [-0.05, 0) is 49.6 Å². The fraction of sp³-hybridized carbons (Fsp3) is 0.381. The Morgan fingerprint density at radius 1 is 1.08 bits per heavy atom. The van der Waals surface area contributed by atoms with Gasteiger partial charge in [-0.1, -0.05) is 24.3 Å². The zero-order valence-corrected chi connectivity index (χ0v) is 15.1. The van der Waals surface area contributed by atoms with Crippen molar-refractivity contribution >= 4 is 5.91 Å². The van der Waals surface area contributed by atoms with Crippen LogP contribution >= 0.6 is 0 Å². The zero-order chi connectivity index (χ0) is 18.1. The van der Waals surface area contributed by atoms with Gasteiger partial charge in [-0.3, -0.25) is 4.79 Å². The van der Waals surface area contributed by atoms with Crippen molar-refractivity contribution in [2.75, 3.05) is 7.11 Å². The van der Waals surface area contributed by atoms with Crippen LogP contribution in [0.5, 0.6) is 17.2 Å². The molecule has 1 aliphatic carbocycles. The van der Waals surface area contributed by atoms with E-state index >= 15 is 0 Å². The Kier molecular flexibility index (Phi) is 4.45. The molecule has 1 heterocycles. The molecule has 4 rings (SSSR count). The van der Waals surface area contributed by atoms with Crippen molar-refractivity contribution in [2.45, 2.75) is 44.6 Å². The molecule has 26 heavy (non-hydrogen) atoms. The average molecular weight is 353 g/mol. The lowest BCUT2D eigenvalue weighted by Gasteiger charge is -2.34. The van der Waals surface area contributed by atoms with Crippen molar-refractivity contribution < 1.29 is 19.0 Å². The van der Waals surface area contributed by atoms with Crippen LogP contribution in [-0.2, 0) is 11.3 Å². The quantitative estimate of drug-likeness (QED) is 0.826. The van der Waals surface area contributed by atoms with Crippen molar-refractivity contribution in [2.24, 2.45) is 0 Å². The Balaban J connectivity index is 1.52. The first-order valence-corrected chi connectivity index (χ1v) is 9.01. The van der Waals surface area contributed by atoms with Crippen molar-refractivity contribution in [3.8, 4) is 17.2 Å². The van der Waals surface area contributed by atoms with Gasteiger partial charge in [0, 0.05) is 12.6 Å². The summed E-state index contributed by atoms with van der Waals surface area (Å²) in [6, 6.07) is 15.6. The predicted octanol–water partition coefficient (Wildman–Crippen LogP) is 3.41. The summed E-state index contributed by atoms with van der Waals surface area (Å²) >= 11 is 0. The molecule has 0 bridgehead atoms. The number of rotatable bonds is 5. The van der Waals surface area contributed by atoms with E-state index in [1.165, 1.54) is 0 Å². The van der Waals surface area contributed by atoms with Crippen LogP contribution in [0.1, 0.15) is 25.3 Å². The molecule has 1 aliphatic heterocycles. The van der Waals surface area contributed by atoms with E-state index in [1.807, 2.05) is 60.4 Å². The van der Waals surface area contributed by atoms with Crippen molar-refractivity contribution in [3.63, 3.8) is 0 Å². The van der Waals surface area contributed by atoms with Gasteiger partial charge >= 0.3 is 0 Å². The second-order valence-corrected chi connectivity index (χ2v) is 6.85. The van der Waals surface area contributed by atoms with Gasteiger partial charge in [0.15, 0.2) is 11.5 Å². The van der Waals surface area contributed by atoms with Gasteiger partial charge in [-0.2, -0.15) is 0 Å². The molecule has 0 unspecified atom stereocenters. The summed E-state index contributed by atoms with van der Waals surface area (Å²) in [5.74, 6) is 2.12. The smallest absolute Gasteiger partial charge is 0.268 e. The number of methoxy groups -OCH3 is 1. The largest absolute Gasteiger partial charge is 0.497 e. The molecule has 0 spiro atoms. The second-order valence-electron chi connectivity index (χ2n) is 6.85. The Labute approximate surface area is 153 Å². The maximum atomic E-state index is 13.2. The van der Waals surface area contributed by atoms with Crippen molar-refractivity contribution in [1.82, 2.24) is 4.90 Å². The third-order valence-corrected chi connectivity index (χ3v) is 4.87. The van der Waals surface area contributed by atoms with Crippen LogP contribution in [0.15, 0.2) is 48.5 Å². The molecule has 2 aromatic carbocycles. The molecule has 0 saturated heterocycles. The average Bonchev–Trinajstić information content (AvgIpc) is 3.50. The first kappa shape index (κ1) is 16.8. The second kappa shape index (κ2) is 6.90. The SMILES string of the molecule is COc1ccc(CN(C(=O)[C@@H]2Oc3ccccc3O[C@@H]2C)C2CC2)cc1. The van der Waals surface area contributed by atoms with Gasteiger partial charge in [-0.25, -0.2) is 0 Å². The molecule has 1 amide bonds. The van der Waals surface area contributed by atoms with Crippen LogP contribution in [0, 0.1) is 0 Å². The molecular weight excluding hydrogens is 330 g/mol. The van der Waals surface area contributed by atoms with Gasteiger partial charge in [0.05, 0.1) is 7.11 Å². The van der Waals surface area contributed by atoms with Gasteiger partial charge in [0.25, 0.3) is 5.91 Å². The topological polar surface area (TPSA) is 48.0 Å². The predicted molar refractivity (Wildman–Crippen MR) is 97.5 cm³/mol. The standard InChI is InChI=1S/C21H23NO4/c1-14-20(26-19-6-4-3-5-18(19)25-14)21(23)22(16-9-10-16)13-15-7-11-17(24-2)12-8-15/h3-8,11-12,14,16,20H,9-10,13H2,1-2H3/t14-,20-/m1/s1. The molecule has 0 N–H and O–H groups in total. The van der Waals surface area contributed by atoms with E-state index in [1.54, 1.807) is 7.11 Å². The number of hydrogen-bond acceptors (Lipinski definition) is 4. The maximum absolute atomic E-state index is 13.2. The summed E-state index contributed by atoms with van der Waals surface area (Å²) in [6.45, 7) is 2.46. The van der Waals surface area contributed by atoms with Crippen LogP contribution in [0.25, 0.3) is 0 Å². The van der Waals surface area contributed by atoms with Crippen molar-refractivity contribution in [1.29, 1.82) is 0 Å². The molecule has 2 aliphatic rings. The molecule has 1 saturated carbocycles. The highest BCUT2D eigenvalue weighted by atomic mass is 16.6. The Bertz CT molecular complexity index is 785. The summed E-state index contributed by atoms with van der Waals surface area (Å²) in [5, 5.41) is 0. The Morgan fingerprint density at radius 3 is 2.35 bits per heavy atom. The minimum atomic E-state index is -0.622. The minimum absolute atomic E-state index is 0.00896. The first-order valence-electron chi connectivity index (χ1n) is 9.01. The van der Waals surface area contributed by atoms with E-state index < -0.39 is 6.10 Å². The summed E-state index contributed by atoms with van der Waals surface area (Å²) in [5.41, 5.74) is 1.08. The molecule has 2 atom stereocenters. The summed E-state index contributed by atoms with van der Waals surface area (Å²) in [6.07, 6.45) is 1.14. The number of fused-ring (bicyclic) bond motifs is 1. The number of carbonyl (C=O) groups excluding carboxylic acids is 1. The lowest BCUT2D eigenvalue weighted by Crippen LogP contribution is -2.51. The van der Waals surface area contributed by atoms with E-state index in [-0.39, 0.29) is 18.1 Å². The third-order valence-electron chi connectivity index (χ3n) is 4.87. The van der Waals surface area contributed by atoms with E-state index in [4.69, 9.17) is 14.2 Å². The van der Waals surface area contributed by atoms with Crippen LogP contribution in [-0.4, -0.2) is 36.2 Å². The van der Waals surface area contributed by atoms with E-state index in [2.05, 4.69) is 0 Å². The Morgan fingerprint density at radius 2 is 1.73 bits per heavy atom. The summed E-state index contributed by atoms with van der Waals surface area (Å²) < 4.78 is 17.1. The van der Waals surface area contributed by atoms with E-state index in [0.717, 1.165) is 24.2 Å². The molecule has 0 aromatic heterocycles. The first-order chi connectivity index (χ1) is 12.7. The third kappa shape index (κ3) is 3.34. The van der Waals surface area contributed by atoms with E-state index in [9.17, 15) is 4.79 Å². The van der Waals surface area contributed by atoms with Gasteiger partial charge in [0.2, 0.25) is 6.10 Å². The molecule has 5 heteroatoms. The molecular formula is C21H23NO4. The fourth-order valence-corrected chi connectivity index (χ4v) is 3.26. The van der Waals surface area contributed by atoms with E-state index in [0.29, 0.717) is 18.0 Å². The monoisotopic (exact) mass is 353 g/mol. The van der Waals surface area contributed by atoms with Gasteiger partial charge in [-0.15, -0.1) is 0 Å². The molecule has 1 fully saturated rings. The highest BCUT2D eigenvalue weighted by molar-refractivity contribution is 5.83. The van der Waals surface area contributed by atoms with Crippen LogP contribution < -0.4 is 14.2 Å². The molecule has 0 radical (unpaired) electrons. The lowest BCUT2D eigenvalue weighted by atomic mass is 10.1. The number of nitrogens with zero attached hydrogens (tertiary/aromatic N) is 1. The highest BCUT2D eigenvalue weighted by Gasteiger charge is 2.41. The molecule has 5 nitrogen and oxygen atoms in total. The highest BCUT2D eigenvalue weighted by Crippen LogP contribution is 2.36. The number of hydrogen-bond donors (Lipinski definition) is 0. The van der Waals surface area contributed by atoms with Gasteiger partial charge < -0.3 is 19.1 Å². The number of ether oxygens (including phenoxy) is 3.